The number of nitrogens with zero attached hydrogens (tertiary/aromatic N) is 1. The van der Waals surface area contributed by atoms with Crippen LogP contribution in [-0.4, -0.2) is 47.7 Å². The molecule has 29 heavy (non-hydrogen) atoms. The number of aryl methyl sites for hydroxylation is 1. The number of esters is 1. The first-order valence-corrected chi connectivity index (χ1v) is 9.51. The van der Waals surface area contributed by atoms with Crippen molar-refractivity contribution in [3.05, 3.63) is 58.2 Å². The van der Waals surface area contributed by atoms with Crippen LogP contribution in [0.2, 0.25) is 0 Å². The molecule has 0 aliphatic heterocycles. The number of amides is 1. The molecule has 6 nitrogen and oxygen atoms in total. The molecule has 0 spiro atoms. The van der Waals surface area contributed by atoms with Crippen LogP contribution in [-0.2, 0) is 4.74 Å². The van der Waals surface area contributed by atoms with Crippen LogP contribution < -0.4 is 0 Å². The lowest BCUT2D eigenvalue weighted by Gasteiger charge is -2.23. The Bertz CT molecular complexity index is 900. The van der Waals surface area contributed by atoms with Crippen LogP contribution in [0.1, 0.15) is 62.7 Å². The molecule has 0 radical (unpaired) electrons. The molecule has 0 aliphatic rings. The number of methoxy groups -OCH3 is 1. The van der Waals surface area contributed by atoms with Gasteiger partial charge in [-0.3, -0.25) is 9.59 Å². The number of benzene rings is 1. The topological polar surface area (TPSA) is 79.5 Å². The first-order chi connectivity index (χ1) is 13.6. The number of rotatable bonds is 8. The quantitative estimate of drug-likeness (QED) is 0.536. The van der Waals surface area contributed by atoms with Gasteiger partial charge in [0, 0.05) is 23.4 Å². The summed E-state index contributed by atoms with van der Waals surface area (Å²) in [6, 6.07) is 5.26. The van der Waals surface area contributed by atoms with Gasteiger partial charge in [0.25, 0.3) is 5.91 Å². The van der Waals surface area contributed by atoms with Crippen molar-refractivity contribution in [1.29, 1.82) is 0 Å². The summed E-state index contributed by atoms with van der Waals surface area (Å²) in [7, 11) is 1.27. The van der Waals surface area contributed by atoms with E-state index in [4.69, 9.17) is 4.74 Å². The lowest BCUT2D eigenvalue weighted by Crippen LogP contribution is -2.37. The average molecular weight is 402 g/mol. The number of carbonyl (C=O) groups excluding carboxylic acids is 3. The second-order valence-corrected chi connectivity index (χ2v) is 7.46. The van der Waals surface area contributed by atoms with Crippen LogP contribution >= 0.6 is 0 Å². The van der Waals surface area contributed by atoms with E-state index >= 15 is 0 Å². The van der Waals surface area contributed by atoms with Crippen molar-refractivity contribution in [3.63, 3.8) is 0 Å². The van der Waals surface area contributed by atoms with Crippen LogP contribution in [0.25, 0.3) is 0 Å². The van der Waals surface area contributed by atoms with Crippen molar-refractivity contribution in [1.82, 2.24) is 9.88 Å². The molecule has 2 aromatic rings. The fourth-order valence-electron chi connectivity index (χ4n) is 3.17. The van der Waals surface area contributed by atoms with E-state index in [0.717, 1.165) is 6.42 Å². The Kier molecular flexibility index (Phi) is 7.31. The van der Waals surface area contributed by atoms with Crippen molar-refractivity contribution in [2.24, 2.45) is 5.92 Å². The largest absolute Gasteiger partial charge is 0.464 e. The monoisotopic (exact) mass is 402 g/mol. The van der Waals surface area contributed by atoms with Crippen LogP contribution in [0.3, 0.4) is 0 Å². The van der Waals surface area contributed by atoms with E-state index in [1.807, 2.05) is 13.8 Å². The molecule has 0 fully saturated rings. The molecule has 0 unspecified atom stereocenters. The number of ketones is 1. The summed E-state index contributed by atoms with van der Waals surface area (Å²) in [5.41, 5.74) is 1.97. The SMILES string of the molecule is COC(=O)c1[nH]c(C)c(C(=O)CN(CCC(C)C)C(=O)c2ccc(F)cc2)c1C. The molecule has 1 amide bonds. The summed E-state index contributed by atoms with van der Waals surface area (Å²) < 4.78 is 17.9. The number of ether oxygens (including phenoxy) is 1. The highest BCUT2D eigenvalue weighted by atomic mass is 19.1. The van der Waals surface area contributed by atoms with Crippen molar-refractivity contribution < 1.29 is 23.5 Å². The summed E-state index contributed by atoms with van der Waals surface area (Å²) in [5, 5.41) is 0. The van der Waals surface area contributed by atoms with E-state index < -0.39 is 11.8 Å². The van der Waals surface area contributed by atoms with Gasteiger partial charge in [0.05, 0.1) is 13.7 Å². The Morgan fingerprint density at radius 2 is 1.76 bits per heavy atom. The van der Waals surface area contributed by atoms with Crippen molar-refractivity contribution in [2.75, 3.05) is 20.2 Å². The standard InChI is InChI=1S/C22H27FN2O4/c1-13(2)10-11-25(21(27)16-6-8-17(23)9-7-16)12-18(26)19-14(3)20(22(28)29-5)24-15(19)4/h6-9,13,24H,10-12H2,1-5H3. The number of hydrogen-bond donors (Lipinski definition) is 1. The molecule has 0 saturated heterocycles. The summed E-state index contributed by atoms with van der Waals surface area (Å²) in [5.74, 6) is -1.25. The zero-order chi connectivity index (χ0) is 21.7. The van der Waals surface area contributed by atoms with Gasteiger partial charge in [0.15, 0.2) is 5.78 Å². The van der Waals surface area contributed by atoms with Crippen LogP contribution in [0.4, 0.5) is 4.39 Å². The first kappa shape index (κ1) is 22.3. The highest BCUT2D eigenvalue weighted by Crippen LogP contribution is 2.20. The van der Waals surface area contributed by atoms with E-state index in [-0.39, 0.29) is 23.9 Å². The number of Topliss-reactive ketones (excluding diaryl/α,β-unsaturated/α-hetero) is 1. The number of aromatic nitrogens is 1. The van der Waals surface area contributed by atoms with Gasteiger partial charge >= 0.3 is 5.97 Å². The van der Waals surface area contributed by atoms with Crippen LogP contribution in [0.5, 0.6) is 0 Å². The molecule has 1 N–H and O–H groups in total. The molecule has 156 valence electrons. The Balaban J connectivity index is 2.30. The molecular weight excluding hydrogens is 375 g/mol. The maximum Gasteiger partial charge on any atom is 0.354 e. The van der Waals surface area contributed by atoms with Crippen molar-refractivity contribution >= 4 is 17.7 Å². The summed E-state index contributed by atoms with van der Waals surface area (Å²) in [6.07, 6.45) is 0.721. The van der Waals surface area contributed by atoms with Gasteiger partial charge in [-0.25, -0.2) is 9.18 Å². The van der Waals surface area contributed by atoms with Crippen LogP contribution in [0, 0.1) is 25.6 Å². The minimum absolute atomic E-state index is 0.136. The minimum Gasteiger partial charge on any atom is -0.464 e. The molecule has 1 aromatic carbocycles. The van der Waals surface area contributed by atoms with Gasteiger partial charge in [-0.2, -0.15) is 0 Å². The van der Waals surface area contributed by atoms with Gasteiger partial charge in [0.1, 0.15) is 11.5 Å². The van der Waals surface area contributed by atoms with Gasteiger partial charge in [0.2, 0.25) is 0 Å². The van der Waals surface area contributed by atoms with E-state index in [1.165, 1.54) is 36.3 Å². The second kappa shape index (κ2) is 9.49. The molecule has 2 rings (SSSR count). The van der Waals surface area contributed by atoms with Crippen LogP contribution in [0.15, 0.2) is 24.3 Å². The lowest BCUT2D eigenvalue weighted by atomic mass is 10.0. The van der Waals surface area contributed by atoms with Gasteiger partial charge in [-0.1, -0.05) is 13.8 Å². The normalized spacial score (nSPS) is 10.9. The Morgan fingerprint density at radius 3 is 2.31 bits per heavy atom. The fourth-order valence-corrected chi connectivity index (χ4v) is 3.17. The van der Waals surface area contributed by atoms with Gasteiger partial charge in [-0.15, -0.1) is 0 Å². The molecule has 1 heterocycles. The summed E-state index contributed by atoms with van der Waals surface area (Å²) in [4.78, 5) is 42.2. The molecular formula is C22H27FN2O4. The molecule has 0 atom stereocenters. The van der Waals surface area contributed by atoms with E-state index in [0.29, 0.717) is 34.8 Å². The van der Waals surface area contributed by atoms with E-state index in [9.17, 15) is 18.8 Å². The third kappa shape index (κ3) is 5.31. The fraction of sp³-hybridized carbons (Fsp3) is 0.409. The summed E-state index contributed by atoms with van der Waals surface area (Å²) >= 11 is 0. The van der Waals surface area contributed by atoms with Gasteiger partial charge in [-0.05, 0) is 56.0 Å². The maximum absolute atomic E-state index is 13.2. The third-order valence-corrected chi connectivity index (χ3v) is 4.80. The molecule has 0 saturated carbocycles. The average Bonchev–Trinajstić information content (AvgIpc) is 2.98. The molecule has 1 aromatic heterocycles. The van der Waals surface area contributed by atoms with Gasteiger partial charge < -0.3 is 14.6 Å². The maximum atomic E-state index is 13.2. The predicted molar refractivity (Wildman–Crippen MR) is 108 cm³/mol. The number of H-pyrrole nitrogens is 1. The molecule has 0 bridgehead atoms. The highest BCUT2D eigenvalue weighted by Gasteiger charge is 2.26. The Hall–Kier alpha value is -2.96. The third-order valence-electron chi connectivity index (χ3n) is 4.80. The number of carbonyl (C=O) groups is 3. The van der Waals surface area contributed by atoms with Crippen molar-refractivity contribution in [2.45, 2.75) is 34.1 Å². The zero-order valence-corrected chi connectivity index (χ0v) is 17.5. The number of hydrogen-bond acceptors (Lipinski definition) is 4. The first-order valence-electron chi connectivity index (χ1n) is 9.51. The second-order valence-electron chi connectivity index (χ2n) is 7.46. The number of halogens is 1. The van der Waals surface area contributed by atoms with Crippen molar-refractivity contribution in [3.8, 4) is 0 Å². The Morgan fingerprint density at radius 1 is 1.14 bits per heavy atom. The molecule has 0 aliphatic carbocycles. The summed E-state index contributed by atoms with van der Waals surface area (Å²) in [6.45, 7) is 7.70. The lowest BCUT2D eigenvalue weighted by molar-refractivity contribution is 0.0593. The smallest absolute Gasteiger partial charge is 0.354 e. The van der Waals surface area contributed by atoms with E-state index in [2.05, 4.69) is 4.98 Å². The van der Waals surface area contributed by atoms with E-state index in [1.54, 1.807) is 13.8 Å². The highest BCUT2D eigenvalue weighted by molar-refractivity contribution is 6.05. The minimum atomic E-state index is -0.552. The number of aromatic amines is 1. The predicted octanol–water partition coefficient (Wildman–Crippen LogP) is 3.93. The Labute approximate surface area is 170 Å². The molecule has 7 heteroatoms. The number of nitrogens with one attached hydrogen (secondary N) is 1. The zero-order valence-electron chi connectivity index (χ0n) is 17.5.